The van der Waals surface area contributed by atoms with E-state index in [4.69, 9.17) is 0 Å². The number of fused-ring (bicyclic) bond motifs is 3. The highest BCUT2D eigenvalue weighted by molar-refractivity contribution is 6.00. The van der Waals surface area contributed by atoms with Gasteiger partial charge in [0.2, 0.25) is 0 Å². The van der Waals surface area contributed by atoms with Crippen molar-refractivity contribution in [3.05, 3.63) is 46.6 Å². The highest BCUT2D eigenvalue weighted by atomic mass is 16.3. The average Bonchev–Trinajstić information content (AvgIpc) is 3.06. The van der Waals surface area contributed by atoms with E-state index in [1.54, 1.807) is 0 Å². The molecule has 3 rings (SSSR count). The number of carbonyl (C=O) groups excluding carboxylic acids is 1. The summed E-state index contributed by atoms with van der Waals surface area (Å²) in [7, 11) is 0. The number of hydrogen-bond donors (Lipinski definition) is 3. The van der Waals surface area contributed by atoms with Crippen molar-refractivity contribution in [1.29, 1.82) is 0 Å². The van der Waals surface area contributed by atoms with Crippen molar-refractivity contribution in [1.82, 2.24) is 0 Å². The molecule has 0 spiro atoms. The van der Waals surface area contributed by atoms with Crippen LogP contribution in [-0.4, -0.2) is 39.9 Å². The topological polar surface area (TPSA) is 77.8 Å². The second-order valence-corrected chi connectivity index (χ2v) is 12.3. The van der Waals surface area contributed by atoms with Gasteiger partial charge in [-0.25, -0.2) is 0 Å². The monoisotopic (exact) mass is 470 g/mol. The number of hydrogen-bond acceptors (Lipinski definition) is 4. The zero-order valence-corrected chi connectivity index (χ0v) is 22.3. The molecule has 0 saturated heterocycles. The summed E-state index contributed by atoms with van der Waals surface area (Å²) < 4.78 is 0. The number of ketones is 1. The fourth-order valence-electron chi connectivity index (χ4n) is 7.68. The van der Waals surface area contributed by atoms with Crippen molar-refractivity contribution in [2.45, 2.75) is 99.2 Å². The molecular weight excluding hydrogens is 424 g/mol. The van der Waals surface area contributed by atoms with Gasteiger partial charge < -0.3 is 15.3 Å². The van der Waals surface area contributed by atoms with Crippen LogP contribution in [0.5, 0.6) is 0 Å². The van der Waals surface area contributed by atoms with E-state index in [1.165, 1.54) is 5.57 Å². The van der Waals surface area contributed by atoms with Crippen molar-refractivity contribution >= 4 is 5.78 Å². The summed E-state index contributed by atoms with van der Waals surface area (Å²) in [6, 6.07) is 0. The molecule has 0 aromatic carbocycles. The smallest absolute Gasteiger partial charge is 0.160 e. The maximum atomic E-state index is 13.4. The Hall–Kier alpha value is -1.49. The summed E-state index contributed by atoms with van der Waals surface area (Å²) in [6.45, 7) is 14.6. The number of aliphatic hydroxyl groups is 3. The molecule has 1 unspecified atom stereocenters. The molecule has 3 saturated carbocycles. The van der Waals surface area contributed by atoms with E-state index in [-0.39, 0.29) is 35.1 Å². The molecule has 34 heavy (non-hydrogen) atoms. The van der Waals surface area contributed by atoms with E-state index >= 15 is 0 Å². The van der Waals surface area contributed by atoms with Gasteiger partial charge in [0.25, 0.3) is 0 Å². The summed E-state index contributed by atoms with van der Waals surface area (Å²) in [5, 5.41) is 31.3. The van der Waals surface area contributed by atoms with E-state index in [9.17, 15) is 20.1 Å². The summed E-state index contributed by atoms with van der Waals surface area (Å²) >= 11 is 0. The van der Waals surface area contributed by atoms with Gasteiger partial charge in [0.05, 0.1) is 18.8 Å². The lowest BCUT2D eigenvalue weighted by molar-refractivity contribution is -0.178. The van der Waals surface area contributed by atoms with Crippen LogP contribution in [0.25, 0.3) is 0 Å². The minimum absolute atomic E-state index is 0.0125. The first kappa shape index (κ1) is 27.1. The summed E-state index contributed by atoms with van der Waals surface area (Å²) in [5.74, 6) is 0.687. The highest BCUT2D eigenvalue weighted by Crippen LogP contribution is 2.69. The lowest BCUT2D eigenvalue weighted by atomic mass is 9.43. The molecule has 0 amide bonds. The molecule has 3 aliphatic rings. The predicted molar refractivity (Wildman–Crippen MR) is 138 cm³/mol. The number of carbonyl (C=O) groups is 1. The molecule has 3 fully saturated rings. The van der Waals surface area contributed by atoms with Crippen molar-refractivity contribution in [3.63, 3.8) is 0 Å². The van der Waals surface area contributed by atoms with Crippen LogP contribution in [-0.2, 0) is 4.79 Å². The Morgan fingerprint density at radius 3 is 2.38 bits per heavy atom. The van der Waals surface area contributed by atoms with E-state index in [0.717, 1.165) is 36.0 Å². The molecule has 3 aliphatic carbocycles. The van der Waals surface area contributed by atoms with Gasteiger partial charge in [-0.1, -0.05) is 50.6 Å². The van der Waals surface area contributed by atoms with Crippen molar-refractivity contribution < 1.29 is 20.1 Å². The Balaban J connectivity index is 1.88. The summed E-state index contributed by atoms with van der Waals surface area (Å²) in [4.78, 5) is 13.4. The molecule has 4 nitrogen and oxygen atoms in total. The van der Waals surface area contributed by atoms with Crippen LogP contribution in [0.2, 0.25) is 0 Å². The maximum absolute atomic E-state index is 13.4. The molecule has 0 bridgehead atoms. The minimum Gasteiger partial charge on any atom is -0.396 e. The summed E-state index contributed by atoms with van der Waals surface area (Å²) in [6.07, 6.45) is 11.5. The van der Waals surface area contributed by atoms with Crippen LogP contribution in [0, 0.1) is 28.1 Å². The molecule has 0 aromatic heterocycles. The third kappa shape index (κ3) is 4.54. The molecule has 0 aliphatic heterocycles. The Morgan fingerprint density at radius 2 is 1.76 bits per heavy atom. The lowest BCUT2D eigenvalue weighted by Crippen LogP contribution is -2.59. The van der Waals surface area contributed by atoms with Crippen molar-refractivity contribution in [2.24, 2.45) is 28.1 Å². The van der Waals surface area contributed by atoms with Crippen LogP contribution in [0.15, 0.2) is 46.6 Å². The molecular formula is C30H46O4. The first-order chi connectivity index (χ1) is 15.8. The Labute approximate surface area is 206 Å². The van der Waals surface area contributed by atoms with Gasteiger partial charge >= 0.3 is 0 Å². The van der Waals surface area contributed by atoms with Crippen LogP contribution < -0.4 is 0 Å². The number of allylic oxidation sites excluding steroid dienone is 6. The van der Waals surface area contributed by atoms with E-state index in [2.05, 4.69) is 13.8 Å². The van der Waals surface area contributed by atoms with E-state index in [1.807, 2.05) is 58.9 Å². The molecule has 7 atom stereocenters. The predicted octanol–water partition coefficient (Wildman–Crippen LogP) is 5.69. The first-order valence-electron chi connectivity index (χ1n) is 13.0. The SMILES string of the molecule is CC(C)=CC[C@H](O)/C(C)=C/C=C/C(C)=C1\C(=O)C[C@H]2[C@@]3(C)CC[C@@H](O)[C@](C)(CO)C3CC[C@]12C. The molecule has 3 N–H and O–H groups in total. The van der Waals surface area contributed by atoms with E-state index in [0.29, 0.717) is 19.3 Å². The Kier molecular flexibility index (Phi) is 7.87. The Morgan fingerprint density at radius 1 is 1.09 bits per heavy atom. The Bertz CT molecular complexity index is 920. The molecule has 0 aromatic rings. The molecule has 190 valence electrons. The van der Waals surface area contributed by atoms with Gasteiger partial charge in [-0.3, -0.25) is 4.79 Å². The van der Waals surface area contributed by atoms with Crippen LogP contribution in [0.3, 0.4) is 0 Å². The third-order valence-electron chi connectivity index (χ3n) is 9.78. The van der Waals surface area contributed by atoms with Crippen LogP contribution >= 0.6 is 0 Å². The lowest BCUT2D eigenvalue weighted by Gasteiger charge is -2.62. The first-order valence-corrected chi connectivity index (χ1v) is 13.0. The quantitative estimate of drug-likeness (QED) is 0.265. The normalized spacial score (nSPS) is 40.7. The zero-order valence-electron chi connectivity index (χ0n) is 22.3. The van der Waals surface area contributed by atoms with Crippen molar-refractivity contribution in [3.8, 4) is 0 Å². The van der Waals surface area contributed by atoms with Gasteiger partial charge in [0.15, 0.2) is 5.78 Å². The second kappa shape index (κ2) is 9.87. The third-order valence-corrected chi connectivity index (χ3v) is 9.78. The van der Waals surface area contributed by atoms with Crippen LogP contribution in [0.4, 0.5) is 0 Å². The average molecular weight is 471 g/mol. The molecule has 0 radical (unpaired) electrons. The van der Waals surface area contributed by atoms with E-state index < -0.39 is 17.6 Å². The van der Waals surface area contributed by atoms with Gasteiger partial charge in [0.1, 0.15) is 0 Å². The molecule has 4 heteroatoms. The fraction of sp³-hybridized carbons (Fsp3) is 0.700. The number of aliphatic hydroxyl groups excluding tert-OH is 3. The van der Waals surface area contributed by atoms with Gasteiger partial charge in [-0.05, 0) is 88.2 Å². The molecule has 0 heterocycles. The zero-order chi connectivity index (χ0) is 25.5. The van der Waals surface area contributed by atoms with Gasteiger partial charge in [0, 0.05) is 22.8 Å². The fourth-order valence-corrected chi connectivity index (χ4v) is 7.68. The second-order valence-electron chi connectivity index (χ2n) is 12.3. The van der Waals surface area contributed by atoms with Gasteiger partial charge in [-0.2, -0.15) is 0 Å². The minimum atomic E-state index is -0.506. The van der Waals surface area contributed by atoms with Crippen molar-refractivity contribution in [2.75, 3.05) is 6.61 Å². The standard InChI is InChI=1S/C30H46O4/c1-19(2)11-12-22(32)20(3)9-8-10-21(4)27-23(33)17-25-28(5)16-14-26(34)30(7,18-31)24(28)13-15-29(25,27)6/h8-11,22,24-26,31-32,34H,12-18H2,1-7H3/b10-8+,20-9+,27-21+/t22-,24?,25-,26+,28-,29-,30+/m0/s1. The van der Waals surface area contributed by atoms with Gasteiger partial charge in [-0.15, -0.1) is 0 Å². The highest BCUT2D eigenvalue weighted by Gasteiger charge is 2.65. The largest absolute Gasteiger partial charge is 0.396 e. The maximum Gasteiger partial charge on any atom is 0.160 e. The number of Topliss-reactive ketones (excluding diaryl/α,β-unsaturated/α-hetero) is 1. The number of rotatable bonds is 6. The summed E-state index contributed by atoms with van der Waals surface area (Å²) in [5.41, 5.74) is 3.31. The van der Waals surface area contributed by atoms with Crippen LogP contribution in [0.1, 0.15) is 87.0 Å².